The van der Waals surface area contributed by atoms with E-state index in [1.807, 2.05) is 6.07 Å². The molecule has 0 saturated carbocycles. The Morgan fingerprint density at radius 1 is 1.24 bits per heavy atom. The van der Waals surface area contributed by atoms with Gasteiger partial charge in [0.05, 0.1) is 12.2 Å². The summed E-state index contributed by atoms with van der Waals surface area (Å²) in [4.78, 5) is 21.3. The number of amides is 1. The number of nitrogen functional groups attached to an aromatic ring is 2. The lowest BCUT2D eigenvalue weighted by atomic mass is 10.1. The summed E-state index contributed by atoms with van der Waals surface area (Å²) in [5.74, 6) is 0.925. The summed E-state index contributed by atoms with van der Waals surface area (Å²) in [7, 11) is 0. The summed E-state index contributed by atoms with van der Waals surface area (Å²) in [6, 6.07) is 9.10. The van der Waals surface area contributed by atoms with E-state index in [2.05, 4.69) is 9.97 Å². The third kappa shape index (κ3) is 3.61. The van der Waals surface area contributed by atoms with Crippen molar-refractivity contribution in [3.8, 4) is 23.1 Å². The van der Waals surface area contributed by atoms with Crippen LogP contribution in [0.15, 0.2) is 24.3 Å². The predicted octanol–water partition coefficient (Wildman–Crippen LogP) is 1.18. The first kappa shape index (κ1) is 16.5. The van der Waals surface area contributed by atoms with Crippen molar-refractivity contribution < 1.29 is 9.53 Å². The van der Waals surface area contributed by atoms with Gasteiger partial charge in [0.1, 0.15) is 29.8 Å². The molecule has 2 aromatic rings. The number of rotatable bonds is 5. The van der Waals surface area contributed by atoms with E-state index < -0.39 is 0 Å². The van der Waals surface area contributed by atoms with Gasteiger partial charge < -0.3 is 21.1 Å². The third-order valence-corrected chi connectivity index (χ3v) is 4.00. The third-order valence-electron chi connectivity index (χ3n) is 4.00. The molecule has 0 aliphatic carbocycles. The number of benzene rings is 1. The maximum atomic E-state index is 11.5. The van der Waals surface area contributed by atoms with Gasteiger partial charge in [0, 0.05) is 18.5 Å². The van der Waals surface area contributed by atoms with Crippen molar-refractivity contribution in [2.75, 3.05) is 31.2 Å². The number of anilines is 2. The zero-order valence-electron chi connectivity index (χ0n) is 13.6. The summed E-state index contributed by atoms with van der Waals surface area (Å²) in [6.07, 6.45) is 1.54. The first-order chi connectivity index (χ1) is 12.1. The Morgan fingerprint density at radius 3 is 2.64 bits per heavy atom. The Labute approximate surface area is 145 Å². The SMILES string of the molecule is N#Cc1c(N)nc(N)nc1-c1ccc(OCCN2CCCC2=O)cc1. The molecule has 8 heteroatoms. The van der Waals surface area contributed by atoms with E-state index in [4.69, 9.17) is 16.2 Å². The number of hydrogen-bond donors (Lipinski definition) is 2. The molecule has 0 radical (unpaired) electrons. The molecular formula is C17H18N6O2. The molecule has 3 rings (SSSR count). The van der Waals surface area contributed by atoms with Crippen LogP contribution in [0.5, 0.6) is 5.75 Å². The van der Waals surface area contributed by atoms with Crippen LogP contribution < -0.4 is 16.2 Å². The number of nitriles is 1. The van der Waals surface area contributed by atoms with Crippen LogP contribution in [0.3, 0.4) is 0 Å². The number of ether oxygens (including phenoxy) is 1. The van der Waals surface area contributed by atoms with Crippen molar-refractivity contribution in [3.05, 3.63) is 29.8 Å². The monoisotopic (exact) mass is 338 g/mol. The van der Waals surface area contributed by atoms with Crippen LogP contribution in [0, 0.1) is 11.3 Å². The van der Waals surface area contributed by atoms with E-state index in [-0.39, 0.29) is 23.2 Å². The van der Waals surface area contributed by atoms with Crippen molar-refractivity contribution in [2.45, 2.75) is 12.8 Å². The van der Waals surface area contributed by atoms with Gasteiger partial charge in [-0.15, -0.1) is 0 Å². The Kier molecular flexibility index (Phi) is 4.66. The van der Waals surface area contributed by atoms with Gasteiger partial charge in [-0.25, -0.2) is 4.98 Å². The highest BCUT2D eigenvalue weighted by Gasteiger charge is 2.19. The Balaban J connectivity index is 1.68. The van der Waals surface area contributed by atoms with Gasteiger partial charge >= 0.3 is 0 Å². The fraction of sp³-hybridized carbons (Fsp3) is 0.294. The molecule has 4 N–H and O–H groups in total. The van der Waals surface area contributed by atoms with Gasteiger partial charge in [0.2, 0.25) is 11.9 Å². The Morgan fingerprint density at radius 2 is 2.00 bits per heavy atom. The number of carbonyl (C=O) groups is 1. The fourth-order valence-electron chi connectivity index (χ4n) is 2.74. The van der Waals surface area contributed by atoms with Gasteiger partial charge in [-0.3, -0.25) is 4.79 Å². The number of likely N-dealkylation sites (tertiary alicyclic amines) is 1. The highest BCUT2D eigenvalue weighted by molar-refractivity contribution is 5.78. The molecule has 1 aromatic carbocycles. The van der Waals surface area contributed by atoms with Crippen molar-refractivity contribution >= 4 is 17.7 Å². The summed E-state index contributed by atoms with van der Waals surface area (Å²) >= 11 is 0. The zero-order valence-corrected chi connectivity index (χ0v) is 13.6. The molecule has 0 unspecified atom stereocenters. The lowest BCUT2D eigenvalue weighted by Crippen LogP contribution is -2.29. The summed E-state index contributed by atoms with van der Waals surface area (Å²) in [5, 5.41) is 9.24. The topological polar surface area (TPSA) is 131 Å². The lowest BCUT2D eigenvalue weighted by Gasteiger charge is -2.15. The summed E-state index contributed by atoms with van der Waals surface area (Å²) in [5.41, 5.74) is 12.6. The van der Waals surface area contributed by atoms with E-state index in [0.717, 1.165) is 13.0 Å². The van der Waals surface area contributed by atoms with Crippen molar-refractivity contribution in [2.24, 2.45) is 0 Å². The second kappa shape index (κ2) is 7.05. The van der Waals surface area contributed by atoms with E-state index >= 15 is 0 Å². The second-order valence-corrected chi connectivity index (χ2v) is 5.66. The molecule has 1 saturated heterocycles. The number of hydrogen-bond acceptors (Lipinski definition) is 7. The maximum Gasteiger partial charge on any atom is 0.222 e. The molecule has 0 spiro atoms. The Bertz CT molecular complexity index is 828. The predicted molar refractivity (Wildman–Crippen MR) is 92.3 cm³/mol. The minimum atomic E-state index is 0.0158. The summed E-state index contributed by atoms with van der Waals surface area (Å²) < 4.78 is 5.67. The molecule has 25 heavy (non-hydrogen) atoms. The van der Waals surface area contributed by atoms with E-state index in [1.54, 1.807) is 29.2 Å². The van der Waals surface area contributed by atoms with Crippen LogP contribution in [-0.2, 0) is 4.79 Å². The van der Waals surface area contributed by atoms with Gasteiger partial charge in [-0.05, 0) is 30.7 Å². The van der Waals surface area contributed by atoms with Crippen LogP contribution >= 0.6 is 0 Å². The highest BCUT2D eigenvalue weighted by Crippen LogP contribution is 2.26. The van der Waals surface area contributed by atoms with E-state index in [1.165, 1.54) is 0 Å². The fourth-order valence-corrected chi connectivity index (χ4v) is 2.74. The van der Waals surface area contributed by atoms with Crippen molar-refractivity contribution in [3.63, 3.8) is 0 Å². The molecule has 8 nitrogen and oxygen atoms in total. The molecule has 0 bridgehead atoms. The molecule has 1 aromatic heterocycles. The molecule has 0 atom stereocenters. The number of carbonyl (C=O) groups excluding carboxylic acids is 1. The lowest BCUT2D eigenvalue weighted by molar-refractivity contribution is -0.128. The first-order valence-corrected chi connectivity index (χ1v) is 7.92. The van der Waals surface area contributed by atoms with Gasteiger partial charge in [0.25, 0.3) is 0 Å². The molecule has 1 aliphatic rings. The highest BCUT2D eigenvalue weighted by atomic mass is 16.5. The molecular weight excluding hydrogens is 320 g/mol. The van der Waals surface area contributed by atoms with Gasteiger partial charge in [0.15, 0.2) is 0 Å². The molecule has 1 amide bonds. The smallest absolute Gasteiger partial charge is 0.222 e. The minimum Gasteiger partial charge on any atom is -0.492 e. The largest absolute Gasteiger partial charge is 0.492 e. The minimum absolute atomic E-state index is 0.0158. The van der Waals surface area contributed by atoms with Crippen LogP contribution in [0.2, 0.25) is 0 Å². The molecule has 1 aliphatic heterocycles. The maximum absolute atomic E-state index is 11.5. The second-order valence-electron chi connectivity index (χ2n) is 5.66. The van der Waals surface area contributed by atoms with E-state index in [9.17, 15) is 10.1 Å². The van der Waals surface area contributed by atoms with Crippen LogP contribution in [0.1, 0.15) is 18.4 Å². The Hall–Kier alpha value is -3.34. The summed E-state index contributed by atoms with van der Waals surface area (Å²) in [6.45, 7) is 1.81. The van der Waals surface area contributed by atoms with Crippen molar-refractivity contribution in [1.82, 2.24) is 14.9 Å². The standard InChI is InChI=1S/C17H18N6O2/c18-10-13-15(21-17(20)22-16(13)19)11-3-5-12(6-4-11)25-9-8-23-7-1-2-14(23)24/h3-6H,1-2,7-9H2,(H4,19,20,21,22). The quantitative estimate of drug-likeness (QED) is 0.836. The number of nitrogens with two attached hydrogens (primary N) is 2. The van der Waals surface area contributed by atoms with Crippen LogP contribution in [-0.4, -0.2) is 40.5 Å². The number of nitrogens with zero attached hydrogens (tertiary/aromatic N) is 4. The van der Waals surface area contributed by atoms with Gasteiger partial charge in [-0.2, -0.15) is 10.2 Å². The average molecular weight is 338 g/mol. The first-order valence-electron chi connectivity index (χ1n) is 7.92. The van der Waals surface area contributed by atoms with Gasteiger partial charge in [-0.1, -0.05) is 0 Å². The molecule has 128 valence electrons. The zero-order chi connectivity index (χ0) is 17.8. The average Bonchev–Trinajstić information content (AvgIpc) is 3.00. The molecule has 1 fully saturated rings. The molecule has 2 heterocycles. The van der Waals surface area contributed by atoms with Crippen LogP contribution in [0.4, 0.5) is 11.8 Å². The normalized spacial score (nSPS) is 13.7. The van der Waals surface area contributed by atoms with Crippen LogP contribution in [0.25, 0.3) is 11.3 Å². The van der Waals surface area contributed by atoms with Crippen molar-refractivity contribution in [1.29, 1.82) is 5.26 Å². The van der Waals surface area contributed by atoms with E-state index in [0.29, 0.717) is 36.6 Å². The number of aromatic nitrogens is 2.